The van der Waals surface area contributed by atoms with Crippen LogP contribution in [-0.2, 0) is 28.8 Å². The first-order valence-electron chi connectivity index (χ1n) is 6.49. The minimum atomic E-state index is -4.93. The summed E-state index contributed by atoms with van der Waals surface area (Å²) in [5.41, 5.74) is 1.13. The fraction of sp³-hybridized carbons (Fsp3) is 0.462. The lowest BCUT2D eigenvalue weighted by atomic mass is 9.99. The molecule has 1 aromatic carbocycles. The average molecular weight is 337 g/mol. The Labute approximate surface area is 127 Å². The Morgan fingerprint density at radius 2 is 2.09 bits per heavy atom. The lowest BCUT2D eigenvalue weighted by Gasteiger charge is -2.30. The number of ether oxygens (including phenoxy) is 1. The van der Waals surface area contributed by atoms with Gasteiger partial charge in [0.2, 0.25) is 0 Å². The Hall–Kier alpha value is -1.61. The number of carbonyl (C=O) groups is 1. The largest absolute Gasteiger partial charge is 0.493 e. The van der Waals surface area contributed by atoms with Crippen LogP contribution in [-0.4, -0.2) is 38.9 Å². The van der Waals surface area contributed by atoms with Crippen molar-refractivity contribution in [1.29, 1.82) is 0 Å². The van der Waals surface area contributed by atoms with Crippen molar-refractivity contribution in [3.63, 3.8) is 0 Å². The van der Waals surface area contributed by atoms with E-state index in [0.717, 1.165) is 0 Å². The third-order valence-electron chi connectivity index (χ3n) is 3.30. The number of hydrogen-bond donors (Lipinski definition) is 1. The second-order valence-electron chi connectivity index (χ2n) is 4.72. The average Bonchev–Trinajstić information content (AvgIpc) is 2.44. The molecule has 1 unspecified atom stereocenters. The molecule has 2 rings (SSSR count). The molecular formula is C13H14F3NO4S. The number of alkyl halides is 3. The van der Waals surface area contributed by atoms with Gasteiger partial charge in [0.05, 0.1) is 6.61 Å². The van der Waals surface area contributed by atoms with Gasteiger partial charge in [-0.15, -0.1) is 0 Å². The van der Waals surface area contributed by atoms with Crippen LogP contribution in [0.25, 0.3) is 0 Å². The van der Waals surface area contributed by atoms with Crippen molar-refractivity contribution in [2.24, 2.45) is 0 Å². The first kappa shape index (κ1) is 16.8. The van der Waals surface area contributed by atoms with Gasteiger partial charge in [0.25, 0.3) is 0 Å². The van der Waals surface area contributed by atoms with Crippen LogP contribution >= 0.6 is 0 Å². The van der Waals surface area contributed by atoms with E-state index in [-0.39, 0.29) is 30.2 Å². The molecule has 0 aromatic heterocycles. The smallest absolute Gasteiger partial charge is 0.471 e. The summed E-state index contributed by atoms with van der Waals surface area (Å²) < 4.78 is 63.3. The van der Waals surface area contributed by atoms with E-state index in [0.29, 0.717) is 22.6 Å². The van der Waals surface area contributed by atoms with Crippen molar-refractivity contribution in [2.45, 2.75) is 31.0 Å². The number of amides is 1. The van der Waals surface area contributed by atoms with Gasteiger partial charge in [-0.3, -0.25) is 4.79 Å². The van der Waals surface area contributed by atoms with E-state index in [9.17, 15) is 26.7 Å². The molecule has 0 radical (unpaired) electrons. The summed E-state index contributed by atoms with van der Waals surface area (Å²) in [6.45, 7) is 1.71. The van der Waals surface area contributed by atoms with Gasteiger partial charge >= 0.3 is 12.1 Å². The number of halogens is 3. The maximum absolute atomic E-state index is 12.5. The quantitative estimate of drug-likeness (QED) is 0.858. The number of fused-ring (bicyclic) bond motifs is 1. The Bertz CT molecular complexity index is 618. The van der Waals surface area contributed by atoms with Gasteiger partial charge in [-0.2, -0.15) is 13.2 Å². The second kappa shape index (κ2) is 6.25. The van der Waals surface area contributed by atoms with Gasteiger partial charge in [0, 0.05) is 13.1 Å². The summed E-state index contributed by atoms with van der Waals surface area (Å²) in [5.74, 6) is -1.67. The van der Waals surface area contributed by atoms with Crippen molar-refractivity contribution in [3.8, 4) is 5.75 Å². The highest BCUT2D eigenvalue weighted by Crippen LogP contribution is 2.31. The third-order valence-corrected chi connectivity index (χ3v) is 3.99. The SMILES string of the molecule is CCOc1cc2c(cc1S(=O)O)CN(C(=O)C(F)(F)F)CC2. The van der Waals surface area contributed by atoms with Gasteiger partial charge < -0.3 is 14.2 Å². The fourth-order valence-corrected chi connectivity index (χ4v) is 2.85. The van der Waals surface area contributed by atoms with Gasteiger partial charge in [-0.1, -0.05) is 0 Å². The normalized spacial score (nSPS) is 16.1. The molecule has 1 heterocycles. The maximum atomic E-state index is 12.5. The molecule has 1 aromatic rings. The molecule has 1 aliphatic rings. The number of benzene rings is 1. The fourth-order valence-electron chi connectivity index (χ4n) is 2.32. The molecule has 1 atom stereocenters. The highest BCUT2D eigenvalue weighted by atomic mass is 32.2. The monoisotopic (exact) mass is 337 g/mol. The summed E-state index contributed by atoms with van der Waals surface area (Å²) in [7, 11) is 0. The van der Waals surface area contributed by atoms with Gasteiger partial charge in [-0.05, 0) is 36.6 Å². The first-order chi connectivity index (χ1) is 10.2. The minimum absolute atomic E-state index is 0.0121. The van der Waals surface area contributed by atoms with Gasteiger partial charge in [0.15, 0.2) is 11.1 Å². The maximum Gasteiger partial charge on any atom is 0.471 e. The zero-order chi connectivity index (χ0) is 16.5. The Balaban J connectivity index is 2.34. The number of carbonyl (C=O) groups excluding carboxylic acids is 1. The highest BCUT2D eigenvalue weighted by Gasteiger charge is 2.43. The first-order valence-corrected chi connectivity index (χ1v) is 7.60. The zero-order valence-electron chi connectivity index (χ0n) is 11.6. The standard InChI is InChI=1S/C13H14F3NO4S/c1-2-21-10-5-8-3-4-17(12(18)13(14,15)16)7-9(8)6-11(10)22(19)20/h5-6H,2-4,7H2,1H3,(H,19,20). The molecule has 0 aliphatic carbocycles. The molecule has 0 saturated carbocycles. The van der Waals surface area contributed by atoms with E-state index in [1.807, 2.05) is 0 Å². The molecule has 0 fully saturated rings. The molecular weight excluding hydrogens is 323 g/mol. The molecule has 5 nitrogen and oxygen atoms in total. The molecule has 122 valence electrons. The van der Waals surface area contributed by atoms with Gasteiger partial charge in [-0.25, -0.2) is 4.21 Å². The van der Waals surface area contributed by atoms with Crippen LogP contribution < -0.4 is 4.74 Å². The van der Waals surface area contributed by atoms with Crippen molar-refractivity contribution < 1.29 is 31.5 Å². The molecule has 1 aliphatic heterocycles. The highest BCUT2D eigenvalue weighted by molar-refractivity contribution is 7.79. The number of rotatable bonds is 3. The van der Waals surface area contributed by atoms with E-state index in [4.69, 9.17) is 4.74 Å². The summed E-state index contributed by atoms with van der Waals surface area (Å²) in [6.07, 6.45) is -4.69. The molecule has 1 N–H and O–H groups in total. The summed E-state index contributed by atoms with van der Waals surface area (Å²) in [4.78, 5) is 12.0. The predicted molar refractivity (Wildman–Crippen MR) is 71.8 cm³/mol. The molecule has 0 saturated heterocycles. The van der Waals surface area contributed by atoms with Crippen molar-refractivity contribution in [1.82, 2.24) is 4.90 Å². The lowest BCUT2D eigenvalue weighted by Crippen LogP contribution is -2.43. The third kappa shape index (κ3) is 3.41. The molecule has 0 bridgehead atoms. The van der Waals surface area contributed by atoms with Crippen LogP contribution in [0.1, 0.15) is 18.1 Å². The van der Waals surface area contributed by atoms with Crippen molar-refractivity contribution >= 4 is 17.0 Å². The molecule has 9 heteroatoms. The van der Waals surface area contributed by atoms with Crippen LogP contribution in [0.3, 0.4) is 0 Å². The predicted octanol–water partition coefficient (Wildman–Crippen LogP) is 2.11. The van der Waals surface area contributed by atoms with E-state index in [2.05, 4.69) is 0 Å². The van der Waals surface area contributed by atoms with Crippen LogP contribution in [0.4, 0.5) is 13.2 Å². The molecule has 0 spiro atoms. The topological polar surface area (TPSA) is 66.8 Å². The van der Waals surface area contributed by atoms with Crippen molar-refractivity contribution in [3.05, 3.63) is 23.3 Å². The van der Waals surface area contributed by atoms with Crippen LogP contribution in [0.5, 0.6) is 5.75 Å². The zero-order valence-corrected chi connectivity index (χ0v) is 12.5. The minimum Gasteiger partial charge on any atom is -0.493 e. The van der Waals surface area contributed by atoms with E-state index in [1.165, 1.54) is 6.07 Å². The summed E-state index contributed by atoms with van der Waals surface area (Å²) in [5, 5.41) is 0. The van der Waals surface area contributed by atoms with Crippen molar-refractivity contribution in [2.75, 3.05) is 13.2 Å². The summed E-state index contributed by atoms with van der Waals surface area (Å²) in [6, 6.07) is 2.88. The van der Waals surface area contributed by atoms with E-state index < -0.39 is 23.2 Å². The molecule has 22 heavy (non-hydrogen) atoms. The van der Waals surface area contributed by atoms with Gasteiger partial charge in [0.1, 0.15) is 10.6 Å². The lowest BCUT2D eigenvalue weighted by molar-refractivity contribution is -0.186. The Morgan fingerprint density at radius 1 is 1.41 bits per heavy atom. The van der Waals surface area contributed by atoms with Crippen LogP contribution in [0.2, 0.25) is 0 Å². The second-order valence-corrected chi connectivity index (χ2v) is 5.66. The number of hydrogen-bond acceptors (Lipinski definition) is 3. The van der Waals surface area contributed by atoms with E-state index >= 15 is 0 Å². The van der Waals surface area contributed by atoms with Crippen LogP contribution in [0, 0.1) is 0 Å². The Morgan fingerprint density at radius 3 is 2.64 bits per heavy atom. The van der Waals surface area contributed by atoms with Crippen LogP contribution in [0.15, 0.2) is 17.0 Å². The summed E-state index contributed by atoms with van der Waals surface area (Å²) >= 11 is -2.33. The molecule has 1 amide bonds. The number of nitrogens with zero attached hydrogens (tertiary/aromatic N) is 1. The Kier molecular flexibility index (Phi) is 4.76. The van der Waals surface area contributed by atoms with E-state index in [1.54, 1.807) is 13.0 Å².